The molecule has 0 aliphatic heterocycles. The summed E-state index contributed by atoms with van der Waals surface area (Å²) >= 11 is 0. The molecule has 0 aromatic heterocycles. The fraction of sp³-hybridized carbons (Fsp3) is 0.211. The zero-order valence-electron chi connectivity index (χ0n) is 13.9. The van der Waals surface area contributed by atoms with Crippen molar-refractivity contribution in [2.75, 3.05) is 20.8 Å². The van der Waals surface area contributed by atoms with E-state index >= 15 is 0 Å². The normalized spacial score (nSPS) is 10.6. The lowest BCUT2D eigenvalue weighted by Gasteiger charge is -2.09. The number of hydrogen-bond donors (Lipinski definition) is 1. The molecule has 0 amide bonds. The van der Waals surface area contributed by atoms with E-state index in [1.54, 1.807) is 31.4 Å². The molecule has 0 heterocycles. The van der Waals surface area contributed by atoms with E-state index in [0.717, 1.165) is 5.56 Å². The Morgan fingerprint density at radius 2 is 1.75 bits per heavy atom. The Hall–Kier alpha value is -2.95. The van der Waals surface area contributed by atoms with Gasteiger partial charge in [0, 0.05) is 17.7 Å². The lowest BCUT2D eigenvalue weighted by Crippen LogP contribution is -1.97. The standard InChI is InChI=1S/C19H20O5/c1-4-24-19-12-15(23-3)7-5-13(19)6-10-17(20)16-9-8-14(22-2)11-18(16)21/h5-12,21H,4H2,1-3H3. The van der Waals surface area contributed by atoms with Crippen LogP contribution in [-0.2, 0) is 0 Å². The van der Waals surface area contributed by atoms with Gasteiger partial charge in [0.15, 0.2) is 5.78 Å². The first kappa shape index (κ1) is 17.4. The minimum atomic E-state index is -0.312. The Kier molecular flexibility index (Phi) is 5.84. The number of methoxy groups -OCH3 is 2. The number of carbonyl (C=O) groups excluding carboxylic acids is 1. The number of phenolic OH excluding ortho intramolecular Hbond substituents is 1. The van der Waals surface area contributed by atoms with Crippen LogP contribution in [-0.4, -0.2) is 31.7 Å². The fourth-order valence-electron chi connectivity index (χ4n) is 2.16. The lowest BCUT2D eigenvalue weighted by molar-refractivity contribution is 0.104. The molecule has 2 aromatic rings. The summed E-state index contributed by atoms with van der Waals surface area (Å²) in [5.74, 6) is 1.36. The average molecular weight is 328 g/mol. The summed E-state index contributed by atoms with van der Waals surface area (Å²) < 4.78 is 15.7. The highest BCUT2D eigenvalue weighted by molar-refractivity contribution is 6.08. The molecule has 24 heavy (non-hydrogen) atoms. The Balaban J connectivity index is 2.25. The molecule has 0 aliphatic rings. The molecule has 0 bridgehead atoms. The van der Waals surface area contributed by atoms with E-state index < -0.39 is 0 Å². The van der Waals surface area contributed by atoms with Crippen LogP contribution in [0.5, 0.6) is 23.0 Å². The summed E-state index contributed by atoms with van der Waals surface area (Å²) in [6, 6.07) is 9.91. The zero-order chi connectivity index (χ0) is 17.5. The second kappa shape index (κ2) is 8.06. The number of ketones is 1. The molecule has 0 spiro atoms. The third-order valence-corrected chi connectivity index (χ3v) is 3.41. The van der Waals surface area contributed by atoms with Crippen LogP contribution >= 0.6 is 0 Å². The van der Waals surface area contributed by atoms with Crippen molar-refractivity contribution in [3.8, 4) is 23.0 Å². The van der Waals surface area contributed by atoms with Gasteiger partial charge in [0.05, 0.1) is 26.4 Å². The van der Waals surface area contributed by atoms with E-state index in [1.807, 2.05) is 13.0 Å². The number of benzene rings is 2. The number of hydrogen-bond acceptors (Lipinski definition) is 5. The Morgan fingerprint density at radius 1 is 1.08 bits per heavy atom. The van der Waals surface area contributed by atoms with E-state index in [9.17, 15) is 9.90 Å². The Morgan fingerprint density at radius 3 is 2.38 bits per heavy atom. The van der Waals surface area contributed by atoms with Crippen LogP contribution in [0.25, 0.3) is 6.08 Å². The van der Waals surface area contributed by atoms with Crippen LogP contribution in [0.15, 0.2) is 42.5 Å². The largest absolute Gasteiger partial charge is 0.507 e. The summed E-state index contributed by atoms with van der Waals surface area (Å²) in [5, 5.41) is 9.92. The smallest absolute Gasteiger partial charge is 0.189 e. The minimum absolute atomic E-state index is 0.122. The van der Waals surface area contributed by atoms with Crippen molar-refractivity contribution in [1.82, 2.24) is 0 Å². The summed E-state index contributed by atoms with van der Waals surface area (Å²) in [4.78, 5) is 12.3. The highest BCUT2D eigenvalue weighted by Crippen LogP contribution is 2.27. The molecule has 0 saturated heterocycles. The second-order valence-electron chi connectivity index (χ2n) is 4.92. The first-order chi connectivity index (χ1) is 11.6. The number of ether oxygens (including phenoxy) is 3. The highest BCUT2D eigenvalue weighted by atomic mass is 16.5. The van der Waals surface area contributed by atoms with Gasteiger partial charge in [-0.2, -0.15) is 0 Å². The van der Waals surface area contributed by atoms with Gasteiger partial charge in [0.25, 0.3) is 0 Å². The molecule has 5 heteroatoms. The topological polar surface area (TPSA) is 65.0 Å². The van der Waals surface area contributed by atoms with Gasteiger partial charge in [-0.3, -0.25) is 4.79 Å². The van der Waals surface area contributed by atoms with Crippen molar-refractivity contribution in [3.05, 3.63) is 53.6 Å². The summed E-state index contributed by atoms with van der Waals surface area (Å²) in [5.41, 5.74) is 0.956. The SMILES string of the molecule is CCOc1cc(OC)ccc1C=CC(=O)c1ccc(OC)cc1O. The Labute approximate surface area is 141 Å². The van der Waals surface area contributed by atoms with Crippen molar-refractivity contribution in [2.24, 2.45) is 0 Å². The first-order valence-corrected chi connectivity index (χ1v) is 7.49. The first-order valence-electron chi connectivity index (χ1n) is 7.49. The van der Waals surface area contributed by atoms with Gasteiger partial charge in [-0.15, -0.1) is 0 Å². The molecule has 0 unspecified atom stereocenters. The molecule has 0 aliphatic carbocycles. The van der Waals surface area contributed by atoms with Crippen molar-refractivity contribution in [1.29, 1.82) is 0 Å². The molecule has 1 N–H and O–H groups in total. The third kappa shape index (κ3) is 4.07. The molecule has 5 nitrogen and oxygen atoms in total. The van der Waals surface area contributed by atoms with Crippen LogP contribution < -0.4 is 14.2 Å². The predicted molar refractivity (Wildman–Crippen MR) is 92.2 cm³/mol. The number of carbonyl (C=O) groups is 1. The van der Waals surface area contributed by atoms with Gasteiger partial charge >= 0.3 is 0 Å². The van der Waals surface area contributed by atoms with Crippen molar-refractivity contribution in [3.63, 3.8) is 0 Å². The molecular weight excluding hydrogens is 308 g/mol. The number of phenols is 1. The van der Waals surface area contributed by atoms with Gasteiger partial charge in [-0.1, -0.05) is 0 Å². The molecule has 0 saturated carbocycles. The summed E-state index contributed by atoms with van der Waals surface area (Å²) in [6.07, 6.45) is 3.04. The van der Waals surface area contributed by atoms with Gasteiger partial charge in [-0.25, -0.2) is 0 Å². The Bertz CT molecular complexity index is 749. The van der Waals surface area contributed by atoms with Crippen LogP contribution in [0.2, 0.25) is 0 Å². The molecule has 126 valence electrons. The van der Waals surface area contributed by atoms with E-state index in [-0.39, 0.29) is 17.1 Å². The summed E-state index contributed by atoms with van der Waals surface area (Å²) in [6.45, 7) is 2.38. The van der Waals surface area contributed by atoms with Crippen molar-refractivity contribution < 1.29 is 24.1 Å². The number of allylic oxidation sites excluding steroid dienone is 1. The van der Waals surface area contributed by atoms with Crippen LogP contribution in [0, 0.1) is 0 Å². The number of rotatable bonds is 7. The van der Waals surface area contributed by atoms with Gasteiger partial charge < -0.3 is 19.3 Å². The second-order valence-corrected chi connectivity index (χ2v) is 4.92. The molecule has 2 rings (SSSR count). The molecule has 0 radical (unpaired) electrons. The molecule has 0 fully saturated rings. The van der Waals surface area contributed by atoms with E-state index in [0.29, 0.717) is 23.9 Å². The van der Waals surface area contributed by atoms with Crippen molar-refractivity contribution in [2.45, 2.75) is 6.92 Å². The fourth-order valence-corrected chi connectivity index (χ4v) is 2.16. The summed E-state index contributed by atoms with van der Waals surface area (Å²) in [7, 11) is 3.08. The lowest BCUT2D eigenvalue weighted by atomic mass is 10.1. The van der Waals surface area contributed by atoms with Crippen molar-refractivity contribution >= 4 is 11.9 Å². The minimum Gasteiger partial charge on any atom is -0.507 e. The predicted octanol–water partition coefficient (Wildman–Crippen LogP) is 3.70. The molecule has 2 aromatic carbocycles. The quantitative estimate of drug-likeness (QED) is 0.620. The third-order valence-electron chi connectivity index (χ3n) is 3.41. The molecular formula is C19H20O5. The maximum atomic E-state index is 12.3. The van der Waals surface area contributed by atoms with E-state index in [4.69, 9.17) is 14.2 Å². The zero-order valence-corrected chi connectivity index (χ0v) is 13.9. The van der Waals surface area contributed by atoms with Crippen LogP contribution in [0.4, 0.5) is 0 Å². The van der Waals surface area contributed by atoms with Gasteiger partial charge in [0.2, 0.25) is 0 Å². The average Bonchev–Trinajstić information content (AvgIpc) is 2.60. The van der Waals surface area contributed by atoms with E-state index in [2.05, 4.69) is 0 Å². The maximum Gasteiger partial charge on any atom is 0.189 e. The monoisotopic (exact) mass is 328 g/mol. The molecule has 0 atom stereocenters. The highest BCUT2D eigenvalue weighted by Gasteiger charge is 2.10. The van der Waals surface area contributed by atoms with Crippen LogP contribution in [0.1, 0.15) is 22.8 Å². The van der Waals surface area contributed by atoms with Gasteiger partial charge in [0.1, 0.15) is 23.0 Å². The maximum absolute atomic E-state index is 12.3. The van der Waals surface area contributed by atoms with Gasteiger partial charge in [-0.05, 0) is 43.3 Å². The van der Waals surface area contributed by atoms with E-state index in [1.165, 1.54) is 25.3 Å². The number of aromatic hydroxyl groups is 1. The van der Waals surface area contributed by atoms with Crippen LogP contribution in [0.3, 0.4) is 0 Å².